The van der Waals surface area contributed by atoms with Gasteiger partial charge in [-0.25, -0.2) is 8.42 Å². The number of morpholine rings is 1. The van der Waals surface area contributed by atoms with Gasteiger partial charge in [0.2, 0.25) is 15.9 Å². The van der Waals surface area contributed by atoms with Crippen LogP contribution in [0, 0.1) is 0 Å². The fraction of sp³-hybridized carbons (Fsp3) is 0.381. The summed E-state index contributed by atoms with van der Waals surface area (Å²) in [6, 6.07) is 8.51. The standard InChI is InChI=1S/C21H25ClN2O5S2/c1-3-8-23(15-17-5-7-20(22)30-17)21(25)14-16-4-6-18(28-2)19(13-16)31(26,27)24-9-11-29-12-10-24/h3-7,13H,1,8-12,14-15H2,2H3. The lowest BCUT2D eigenvalue weighted by molar-refractivity contribution is -0.130. The van der Waals surface area contributed by atoms with Crippen LogP contribution in [0.3, 0.4) is 0 Å². The number of benzene rings is 1. The maximum Gasteiger partial charge on any atom is 0.246 e. The van der Waals surface area contributed by atoms with Gasteiger partial charge in [-0.2, -0.15) is 4.31 Å². The molecule has 31 heavy (non-hydrogen) atoms. The van der Waals surface area contributed by atoms with E-state index in [-0.39, 0.29) is 36.1 Å². The number of methoxy groups -OCH3 is 1. The Kier molecular flexibility index (Phi) is 8.12. The van der Waals surface area contributed by atoms with Crippen LogP contribution < -0.4 is 4.74 Å². The van der Waals surface area contributed by atoms with Crippen LogP contribution >= 0.6 is 22.9 Å². The number of ether oxygens (including phenoxy) is 2. The van der Waals surface area contributed by atoms with Crippen molar-refractivity contribution in [1.82, 2.24) is 9.21 Å². The molecule has 0 spiro atoms. The van der Waals surface area contributed by atoms with Crippen LogP contribution in [0.15, 0.2) is 47.9 Å². The Hall–Kier alpha value is -1.91. The van der Waals surface area contributed by atoms with E-state index in [1.54, 1.807) is 29.2 Å². The van der Waals surface area contributed by atoms with E-state index in [2.05, 4.69) is 6.58 Å². The molecule has 1 amide bonds. The first-order valence-corrected chi connectivity index (χ1v) is 12.4. The summed E-state index contributed by atoms with van der Waals surface area (Å²) >= 11 is 7.42. The highest BCUT2D eigenvalue weighted by molar-refractivity contribution is 7.89. The first kappa shape index (κ1) is 23.7. The highest BCUT2D eigenvalue weighted by Crippen LogP contribution is 2.29. The van der Waals surface area contributed by atoms with Gasteiger partial charge < -0.3 is 14.4 Å². The molecule has 2 heterocycles. The van der Waals surface area contributed by atoms with Crippen molar-refractivity contribution in [2.75, 3.05) is 40.0 Å². The van der Waals surface area contributed by atoms with E-state index >= 15 is 0 Å². The lowest BCUT2D eigenvalue weighted by Gasteiger charge is -2.27. The predicted molar refractivity (Wildman–Crippen MR) is 121 cm³/mol. The van der Waals surface area contributed by atoms with Gasteiger partial charge in [0.05, 0.1) is 37.6 Å². The van der Waals surface area contributed by atoms with Crippen LogP contribution in [-0.4, -0.2) is 63.5 Å². The molecule has 1 aromatic heterocycles. The van der Waals surface area contributed by atoms with Crippen LogP contribution in [0.4, 0.5) is 0 Å². The van der Waals surface area contributed by atoms with Crippen molar-refractivity contribution >= 4 is 38.9 Å². The molecule has 1 fully saturated rings. The quantitative estimate of drug-likeness (QED) is 0.511. The minimum Gasteiger partial charge on any atom is -0.495 e. The lowest BCUT2D eigenvalue weighted by atomic mass is 10.1. The summed E-state index contributed by atoms with van der Waals surface area (Å²) in [5, 5.41) is 0. The molecule has 0 atom stereocenters. The van der Waals surface area contributed by atoms with Crippen molar-refractivity contribution in [2.45, 2.75) is 17.9 Å². The Balaban J connectivity index is 1.82. The highest BCUT2D eigenvalue weighted by Gasteiger charge is 2.29. The van der Waals surface area contributed by atoms with Gasteiger partial charge in [0, 0.05) is 24.5 Å². The van der Waals surface area contributed by atoms with E-state index in [1.807, 2.05) is 6.07 Å². The maximum absolute atomic E-state index is 13.2. The van der Waals surface area contributed by atoms with Gasteiger partial charge in [-0.15, -0.1) is 17.9 Å². The first-order chi connectivity index (χ1) is 14.8. The van der Waals surface area contributed by atoms with Crippen LogP contribution in [0.5, 0.6) is 5.75 Å². The van der Waals surface area contributed by atoms with Crippen LogP contribution in [0.1, 0.15) is 10.4 Å². The molecule has 0 bridgehead atoms. The molecule has 1 aliphatic heterocycles. The third-order valence-electron chi connectivity index (χ3n) is 4.85. The molecule has 0 N–H and O–H groups in total. The SMILES string of the molecule is C=CCN(Cc1ccc(Cl)s1)C(=O)Cc1ccc(OC)c(S(=O)(=O)N2CCOCC2)c1. The lowest BCUT2D eigenvalue weighted by Crippen LogP contribution is -2.40. The predicted octanol–water partition coefficient (Wildman–Crippen LogP) is 3.19. The largest absolute Gasteiger partial charge is 0.495 e. The topological polar surface area (TPSA) is 76.2 Å². The number of carbonyl (C=O) groups is 1. The summed E-state index contributed by atoms with van der Waals surface area (Å²) in [4.78, 5) is 15.7. The van der Waals surface area contributed by atoms with Gasteiger partial charge in [0.1, 0.15) is 10.6 Å². The van der Waals surface area contributed by atoms with Crippen LogP contribution in [0.25, 0.3) is 0 Å². The minimum absolute atomic E-state index is 0.0579. The molecule has 7 nitrogen and oxygen atoms in total. The second-order valence-corrected chi connectivity index (χ2v) is 10.7. The molecular weight excluding hydrogens is 460 g/mol. The number of amides is 1. The molecule has 10 heteroatoms. The Bertz CT molecular complexity index is 1030. The zero-order valence-corrected chi connectivity index (χ0v) is 19.6. The number of sulfonamides is 1. The molecule has 0 aliphatic carbocycles. The summed E-state index contributed by atoms with van der Waals surface area (Å²) in [6.45, 7) is 5.79. The van der Waals surface area contributed by atoms with Crippen LogP contribution in [-0.2, 0) is 32.5 Å². The molecule has 1 saturated heterocycles. The zero-order chi connectivity index (χ0) is 22.4. The van der Waals surface area contributed by atoms with E-state index in [0.717, 1.165) is 4.88 Å². The van der Waals surface area contributed by atoms with Crippen molar-refractivity contribution in [3.8, 4) is 5.75 Å². The number of thiophene rings is 1. The summed E-state index contributed by atoms with van der Waals surface area (Å²) < 4.78 is 38.9. The Labute approximate surface area is 191 Å². The first-order valence-electron chi connectivity index (χ1n) is 9.73. The van der Waals surface area contributed by atoms with Gasteiger partial charge in [0.25, 0.3) is 0 Å². The summed E-state index contributed by atoms with van der Waals surface area (Å²) in [5.74, 6) is 0.114. The molecule has 168 valence electrons. The Morgan fingerprint density at radius 2 is 2.06 bits per heavy atom. The van der Waals surface area contributed by atoms with E-state index in [4.69, 9.17) is 21.1 Å². The van der Waals surface area contributed by atoms with Crippen molar-refractivity contribution in [3.05, 3.63) is 57.8 Å². The molecule has 1 aromatic carbocycles. The number of nitrogens with zero attached hydrogens (tertiary/aromatic N) is 2. The zero-order valence-electron chi connectivity index (χ0n) is 17.3. The second-order valence-electron chi connectivity index (χ2n) is 6.95. The van der Waals surface area contributed by atoms with Gasteiger partial charge in [-0.1, -0.05) is 23.7 Å². The fourth-order valence-corrected chi connectivity index (χ4v) is 6.00. The van der Waals surface area contributed by atoms with Gasteiger partial charge in [-0.05, 0) is 29.8 Å². The minimum atomic E-state index is -3.77. The molecular formula is C21H25ClN2O5S2. The van der Waals surface area contributed by atoms with E-state index in [9.17, 15) is 13.2 Å². The highest BCUT2D eigenvalue weighted by atomic mass is 35.5. The Morgan fingerprint density at radius 3 is 2.68 bits per heavy atom. The summed E-state index contributed by atoms with van der Waals surface area (Å²) in [7, 11) is -2.34. The number of carbonyl (C=O) groups excluding carboxylic acids is 1. The monoisotopic (exact) mass is 484 g/mol. The summed E-state index contributed by atoms with van der Waals surface area (Å²) in [5.41, 5.74) is 0.593. The molecule has 0 saturated carbocycles. The smallest absolute Gasteiger partial charge is 0.246 e. The average Bonchev–Trinajstić information content (AvgIpc) is 3.18. The molecule has 0 unspecified atom stereocenters. The number of hydrogen-bond acceptors (Lipinski definition) is 6. The van der Waals surface area contributed by atoms with Crippen molar-refractivity contribution in [3.63, 3.8) is 0 Å². The van der Waals surface area contributed by atoms with Crippen LogP contribution in [0.2, 0.25) is 4.34 Å². The average molecular weight is 485 g/mol. The van der Waals surface area contributed by atoms with Crippen molar-refractivity contribution in [1.29, 1.82) is 0 Å². The molecule has 1 aliphatic rings. The van der Waals surface area contributed by atoms with Crippen molar-refractivity contribution in [2.24, 2.45) is 0 Å². The third-order valence-corrected chi connectivity index (χ3v) is 7.98. The van der Waals surface area contributed by atoms with Gasteiger partial charge in [0.15, 0.2) is 0 Å². The van der Waals surface area contributed by atoms with E-state index in [1.165, 1.54) is 28.8 Å². The molecule has 3 rings (SSSR count). The number of rotatable bonds is 9. The fourth-order valence-electron chi connectivity index (χ4n) is 3.28. The third kappa shape index (κ3) is 5.87. The Morgan fingerprint density at radius 1 is 1.32 bits per heavy atom. The normalized spacial score (nSPS) is 14.9. The van der Waals surface area contributed by atoms with Gasteiger partial charge >= 0.3 is 0 Å². The maximum atomic E-state index is 13.2. The number of halogens is 1. The molecule has 2 aromatic rings. The van der Waals surface area contributed by atoms with E-state index in [0.29, 0.717) is 36.2 Å². The van der Waals surface area contributed by atoms with E-state index < -0.39 is 10.0 Å². The van der Waals surface area contributed by atoms with Crippen molar-refractivity contribution < 1.29 is 22.7 Å². The second kappa shape index (κ2) is 10.6. The molecule has 0 radical (unpaired) electrons. The number of hydrogen-bond donors (Lipinski definition) is 0. The summed E-state index contributed by atoms with van der Waals surface area (Å²) in [6.07, 6.45) is 1.72. The van der Waals surface area contributed by atoms with Gasteiger partial charge in [-0.3, -0.25) is 4.79 Å².